The third-order valence-electron chi connectivity index (χ3n) is 3.27. The minimum absolute atomic E-state index is 0.0613. The van der Waals surface area contributed by atoms with Crippen molar-refractivity contribution in [1.82, 2.24) is 0 Å². The van der Waals surface area contributed by atoms with E-state index in [0.29, 0.717) is 0 Å². The van der Waals surface area contributed by atoms with Gasteiger partial charge in [-0.2, -0.15) is 0 Å². The van der Waals surface area contributed by atoms with Crippen LogP contribution in [0.5, 0.6) is 0 Å². The van der Waals surface area contributed by atoms with Crippen LogP contribution in [0.25, 0.3) is 12.2 Å². The second-order valence-electron chi connectivity index (χ2n) is 5.33. The fraction of sp³-hybridized carbons (Fsp3) is 0.208. The number of carbonyl (C=O) groups is 1. The van der Waals surface area contributed by atoms with Gasteiger partial charge in [0.25, 0.3) is 0 Å². The Balaban J connectivity index is 0. The van der Waals surface area contributed by atoms with Crippen molar-refractivity contribution in [2.45, 2.75) is 32.1 Å². The number of carboxylic acids is 1. The Labute approximate surface area is 163 Å². The Bertz CT molecular complexity index is 590. The van der Waals surface area contributed by atoms with Gasteiger partial charge >= 0.3 is 5.97 Å². The number of unbranched alkanes of at least 4 members (excludes halogenated alkanes) is 3. The molecule has 1 aromatic rings. The van der Waals surface area contributed by atoms with Crippen molar-refractivity contribution in [1.29, 1.82) is 0 Å². The van der Waals surface area contributed by atoms with Gasteiger partial charge in [0, 0.05) is 0 Å². The molecule has 146 valence electrons. The highest BCUT2D eigenvalue weighted by Gasteiger charge is 2.02. The van der Waals surface area contributed by atoms with Crippen molar-refractivity contribution in [2.75, 3.05) is 0 Å². The van der Waals surface area contributed by atoms with E-state index < -0.39 is 5.97 Å². The molecule has 0 heterocycles. The molecule has 1 N–H and O–H groups in total. The van der Waals surface area contributed by atoms with Crippen LogP contribution >= 0.6 is 0 Å². The van der Waals surface area contributed by atoms with Crippen LogP contribution < -0.4 is 0 Å². The normalized spacial score (nSPS) is 9.44. The number of benzene rings is 1. The van der Waals surface area contributed by atoms with E-state index in [-0.39, 0.29) is 18.3 Å². The molecule has 0 aliphatic rings. The summed E-state index contributed by atoms with van der Waals surface area (Å²) in [6.45, 7) is 17.9. The van der Waals surface area contributed by atoms with Gasteiger partial charge < -0.3 is 5.11 Å². The Kier molecular flexibility index (Phi) is 18.9. The molecule has 0 spiro atoms. The van der Waals surface area contributed by atoms with Gasteiger partial charge in [-0.3, -0.25) is 0 Å². The van der Waals surface area contributed by atoms with Crippen molar-refractivity contribution in [2.24, 2.45) is 0 Å². The van der Waals surface area contributed by atoms with Gasteiger partial charge in [0.2, 0.25) is 0 Å². The summed E-state index contributed by atoms with van der Waals surface area (Å²) in [5.74, 6) is -1.24. The molecule has 0 saturated heterocycles. The zero-order chi connectivity index (χ0) is 20.9. The molecule has 0 saturated carbocycles. The second-order valence-corrected chi connectivity index (χ2v) is 5.33. The number of rotatable bonds is 10. The molecule has 3 heteroatoms. The molecule has 0 atom stereocenters. The van der Waals surface area contributed by atoms with Crippen LogP contribution in [0.2, 0.25) is 0 Å². The van der Waals surface area contributed by atoms with Gasteiger partial charge in [-0.15, -0.1) is 19.7 Å². The predicted octanol–water partition coefficient (Wildman–Crippen LogP) is 7.39. The Morgan fingerprint density at radius 1 is 0.889 bits per heavy atom. The fourth-order valence-corrected chi connectivity index (χ4v) is 1.79. The molecule has 0 radical (unpaired) electrons. The van der Waals surface area contributed by atoms with Gasteiger partial charge in [0.1, 0.15) is 0 Å². The highest BCUT2D eigenvalue weighted by molar-refractivity contribution is 5.86. The first-order valence-electron chi connectivity index (χ1n) is 8.71. The highest BCUT2D eigenvalue weighted by atomic mass is 19.1. The quantitative estimate of drug-likeness (QED) is 0.265. The number of allylic oxidation sites excluding steroid dienone is 3. The van der Waals surface area contributed by atoms with Crippen molar-refractivity contribution >= 4 is 18.1 Å². The van der Waals surface area contributed by atoms with E-state index in [1.807, 2.05) is 48.6 Å². The van der Waals surface area contributed by atoms with Crippen LogP contribution in [0.15, 0.2) is 87.3 Å². The first kappa shape index (κ1) is 26.3. The lowest BCUT2D eigenvalue weighted by atomic mass is 10.1. The smallest absolute Gasteiger partial charge is 0.334 e. The van der Waals surface area contributed by atoms with Crippen LogP contribution in [0.4, 0.5) is 4.39 Å². The lowest BCUT2D eigenvalue weighted by molar-refractivity contribution is -0.132. The Morgan fingerprint density at radius 3 is 1.56 bits per heavy atom. The van der Waals surface area contributed by atoms with E-state index in [1.54, 1.807) is 0 Å². The van der Waals surface area contributed by atoms with E-state index in [2.05, 4.69) is 32.9 Å². The van der Waals surface area contributed by atoms with Crippen LogP contribution in [0.3, 0.4) is 0 Å². The molecular weight excluding hydrogens is 339 g/mol. The minimum Gasteiger partial charge on any atom is -0.478 e. The van der Waals surface area contributed by atoms with Gasteiger partial charge in [-0.1, -0.05) is 67.8 Å². The summed E-state index contributed by atoms with van der Waals surface area (Å²) in [6, 6.07) is 8.02. The summed E-state index contributed by atoms with van der Waals surface area (Å²) >= 11 is 0. The third-order valence-corrected chi connectivity index (χ3v) is 3.27. The van der Waals surface area contributed by atoms with Gasteiger partial charge in [-0.25, -0.2) is 9.18 Å². The standard InChI is InChI=1S/C10H10.C8H14.C6H7FO2/c1-3-9-7-5-6-8-10(9)4-2;1-3-5-7-8-6-4-2;1-2-3-5(4-7)6(8)9/h3-8H,1-2H2;3-4H,1-2,5-8H2;2,4H,1,3H2,(H,8,9). The van der Waals surface area contributed by atoms with E-state index >= 15 is 0 Å². The second kappa shape index (κ2) is 19.4. The molecule has 0 unspecified atom stereocenters. The molecule has 0 aromatic heterocycles. The van der Waals surface area contributed by atoms with E-state index in [0.717, 1.165) is 24.0 Å². The summed E-state index contributed by atoms with van der Waals surface area (Å²) in [4.78, 5) is 9.96. The third kappa shape index (κ3) is 15.1. The fourth-order valence-electron chi connectivity index (χ4n) is 1.79. The van der Waals surface area contributed by atoms with Crippen LogP contribution in [0.1, 0.15) is 43.2 Å². The number of hydrogen-bond acceptors (Lipinski definition) is 1. The number of aliphatic carboxylic acids is 1. The summed E-state index contributed by atoms with van der Waals surface area (Å²) in [5.41, 5.74) is 2.00. The Morgan fingerprint density at radius 2 is 1.33 bits per heavy atom. The van der Waals surface area contributed by atoms with Crippen LogP contribution in [0, 0.1) is 0 Å². The molecule has 0 bridgehead atoms. The summed E-state index contributed by atoms with van der Waals surface area (Å²) in [5, 5.41) is 8.15. The number of carboxylic acid groups (broad SMARTS) is 1. The van der Waals surface area contributed by atoms with Crippen molar-refractivity contribution in [3.8, 4) is 0 Å². The number of hydrogen-bond donors (Lipinski definition) is 1. The molecule has 2 nitrogen and oxygen atoms in total. The molecule has 27 heavy (non-hydrogen) atoms. The minimum atomic E-state index is -1.24. The topological polar surface area (TPSA) is 37.3 Å². The van der Waals surface area contributed by atoms with E-state index in [9.17, 15) is 9.18 Å². The largest absolute Gasteiger partial charge is 0.478 e. The van der Waals surface area contributed by atoms with Gasteiger partial charge in [0.05, 0.1) is 11.9 Å². The molecule has 1 rings (SSSR count). The summed E-state index contributed by atoms with van der Waals surface area (Å²) in [7, 11) is 0. The van der Waals surface area contributed by atoms with Crippen molar-refractivity contribution < 1.29 is 14.3 Å². The first-order valence-corrected chi connectivity index (χ1v) is 8.71. The predicted molar refractivity (Wildman–Crippen MR) is 117 cm³/mol. The van der Waals surface area contributed by atoms with E-state index in [4.69, 9.17) is 5.11 Å². The average molecular weight is 371 g/mol. The average Bonchev–Trinajstić information content (AvgIpc) is 2.70. The molecule has 0 aliphatic heterocycles. The first-order chi connectivity index (χ1) is 13.0. The van der Waals surface area contributed by atoms with Crippen LogP contribution in [-0.4, -0.2) is 11.1 Å². The molecular formula is C24H31FO2. The SMILES string of the molecule is C=CCC(=CF)C(=O)O.C=CCCCCC=C.C=Cc1ccccc1C=C. The Hall–Kier alpha value is -2.94. The van der Waals surface area contributed by atoms with Gasteiger partial charge in [0.15, 0.2) is 0 Å². The molecule has 0 amide bonds. The maximum atomic E-state index is 11.5. The lowest BCUT2D eigenvalue weighted by Gasteiger charge is -1.96. The maximum Gasteiger partial charge on any atom is 0.334 e. The maximum absolute atomic E-state index is 11.5. The van der Waals surface area contributed by atoms with Gasteiger partial charge in [-0.05, 0) is 43.2 Å². The lowest BCUT2D eigenvalue weighted by Crippen LogP contribution is -1.97. The summed E-state index contributed by atoms with van der Waals surface area (Å²) in [6.07, 6.45) is 13.9. The molecule has 0 aliphatic carbocycles. The highest BCUT2D eigenvalue weighted by Crippen LogP contribution is 2.10. The van der Waals surface area contributed by atoms with E-state index in [1.165, 1.54) is 18.9 Å². The molecule has 1 aromatic carbocycles. The zero-order valence-electron chi connectivity index (χ0n) is 16.1. The molecule has 0 fully saturated rings. The summed E-state index contributed by atoms with van der Waals surface area (Å²) < 4.78 is 11.5. The monoisotopic (exact) mass is 370 g/mol. The number of halogens is 1. The van der Waals surface area contributed by atoms with Crippen molar-refractivity contribution in [3.63, 3.8) is 0 Å². The van der Waals surface area contributed by atoms with Crippen LogP contribution in [-0.2, 0) is 4.79 Å². The van der Waals surface area contributed by atoms with Crippen molar-refractivity contribution in [3.05, 3.63) is 98.4 Å². The zero-order valence-corrected chi connectivity index (χ0v) is 16.1.